The van der Waals surface area contributed by atoms with E-state index in [0.717, 1.165) is 11.1 Å². The lowest BCUT2D eigenvalue weighted by atomic mass is 9.92. The number of benzene rings is 2. The van der Waals surface area contributed by atoms with Crippen LogP contribution >= 0.6 is 0 Å². The number of aliphatic hydroxyl groups excluding tert-OH is 1. The van der Waals surface area contributed by atoms with Gasteiger partial charge in [0.1, 0.15) is 24.7 Å². The van der Waals surface area contributed by atoms with E-state index in [0.29, 0.717) is 36.0 Å². The van der Waals surface area contributed by atoms with E-state index in [1.807, 2.05) is 31.2 Å². The normalized spacial score (nSPS) is 19.4. The Morgan fingerprint density at radius 1 is 1.03 bits per heavy atom. The molecule has 5 rings (SSSR count). The van der Waals surface area contributed by atoms with Crippen LogP contribution < -0.4 is 9.47 Å². The quantitative estimate of drug-likeness (QED) is 0.382. The summed E-state index contributed by atoms with van der Waals surface area (Å²) in [5.74, 6) is -0.0784. The lowest BCUT2D eigenvalue weighted by Crippen LogP contribution is -2.29. The van der Waals surface area contributed by atoms with Crippen LogP contribution in [0.1, 0.15) is 28.5 Å². The van der Waals surface area contributed by atoms with Gasteiger partial charge in [-0.3, -0.25) is 9.59 Å². The van der Waals surface area contributed by atoms with Gasteiger partial charge >= 0.3 is 0 Å². The minimum absolute atomic E-state index is 0.0348. The molecule has 2 aromatic carbocycles. The van der Waals surface area contributed by atoms with Crippen LogP contribution in [0.15, 0.2) is 70.9 Å². The summed E-state index contributed by atoms with van der Waals surface area (Å²) >= 11 is 0. The van der Waals surface area contributed by atoms with Gasteiger partial charge in [-0.15, -0.1) is 0 Å². The highest BCUT2D eigenvalue weighted by Gasteiger charge is 2.46. The molecule has 1 amide bonds. The number of Topliss-reactive ketones (excluding diaryl/α,β-unsaturated/α-hetero) is 1. The van der Waals surface area contributed by atoms with Crippen LogP contribution in [0, 0.1) is 6.92 Å². The van der Waals surface area contributed by atoms with Gasteiger partial charge in [0, 0.05) is 5.56 Å². The molecule has 1 fully saturated rings. The number of hydrogen-bond acceptors (Lipinski definition) is 6. The minimum Gasteiger partial charge on any atom is -0.507 e. The maximum absolute atomic E-state index is 13.1. The topological polar surface area (TPSA) is 89.2 Å². The fourth-order valence-electron chi connectivity index (χ4n) is 4.18. The summed E-state index contributed by atoms with van der Waals surface area (Å²) in [6.07, 6.45) is 1.52. The van der Waals surface area contributed by atoms with E-state index >= 15 is 0 Å². The molecular formula is C25H21NO6. The van der Waals surface area contributed by atoms with Crippen molar-refractivity contribution in [2.75, 3.05) is 13.2 Å². The van der Waals surface area contributed by atoms with Crippen LogP contribution in [0.5, 0.6) is 11.5 Å². The molecule has 1 N–H and O–H groups in total. The Balaban J connectivity index is 1.65. The first-order chi connectivity index (χ1) is 15.5. The first kappa shape index (κ1) is 19.9. The van der Waals surface area contributed by atoms with Crippen molar-refractivity contribution in [1.29, 1.82) is 0 Å². The van der Waals surface area contributed by atoms with Gasteiger partial charge in [0.25, 0.3) is 11.7 Å². The molecule has 1 aromatic heterocycles. The highest BCUT2D eigenvalue weighted by Crippen LogP contribution is 2.42. The number of ether oxygens (including phenoxy) is 2. The zero-order chi connectivity index (χ0) is 22.2. The Bertz CT molecular complexity index is 1230. The number of carbonyl (C=O) groups is 2. The fraction of sp³-hybridized carbons (Fsp3) is 0.200. The minimum atomic E-state index is -0.755. The third-order valence-electron chi connectivity index (χ3n) is 5.74. The van der Waals surface area contributed by atoms with E-state index in [2.05, 4.69) is 0 Å². The Hall–Kier alpha value is -4.00. The molecule has 0 saturated carbocycles. The zero-order valence-electron chi connectivity index (χ0n) is 17.4. The molecule has 32 heavy (non-hydrogen) atoms. The summed E-state index contributed by atoms with van der Waals surface area (Å²) in [4.78, 5) is 27.6. The van der Waals surface area contributed by atoms with Crippen molar-refractivity contribution in [3.05, 3.63) is 88.9 Å². The number of nitrogens with zero attached hydrogens (tertiary/aromatic N) is 1. The number of aliphatic hydroxyl groups is 1. The van der Waals surface area contributed by atoms with E-state index < -0.39 is 17.7 Å². The van der Waals surface area contributed by atoms with Crippen molar-refractivity contribution in [3.63, 3.8) is 0 Å². The number of amides is 1. The summed E-state index contributed by atoms with van der Waals surface area (Å²) in [5.41, 5.74) is 2.07. The van der Waals surface area contributed by atoms with Crippen LogP contribution in [-0.4, -0.2) is 34.9 Å². The third-order valence-corrected chi connectivity index (χ3v) is 5.74. The van der Waals surface area contributed by atoms with Gasteiger partial charge in [-0.1, -0.05) is 24.3 Å². The van der Waals surface area contributed by atoms with Crippen molar-refractivity contribution < 1.29 is 28.6 Å². The number of furan rings is 1. The Labute approximate surface area is 184 Å². The van der Waals surface area contributed by atoms with Crippen LogP contribution in [-0.2, 0) is 16.1 Å². The Kier molecular flexibility index (Phi) is 4.93. The highest BCUT2D eigenvalue weighted by molar-refractivity contribution is 6.46. The molecule has 162 valence electrons. The summed E-state index contributed by atoms with van der Waals surface area (Å²) in [6, 6.07) is 15.2. The first-order valence-corrected chi connectivity index (χ1v) is 10.3. The summed E-state index contributed by atoms with van der Waals surface area (Å²) in [7, 11) is 0. The summed E-state index contributed by atoms with van der Waals surface area (Å²) < 4.78 is 16.6. The molecule has 1 atom stereocenters. The average molecular weight is 431 g/mol. The largest absolute Gasteiger partial charge is 0.507 e. The predicted octanol–water partition coefficient (Wildman–Crippen LogP) is 3.98. The number of rotatable bonds is 4. The Morgan fingerprint density at radius 3 is 2.56 bits per heavy atom. The van der Waals surface area contributed by atoms with Crippen molar-refractivity contribution >= 4 is 17.4 Å². The second-order valence-corrected chi connectivity index (χ2v) is 7.72. The number of carbonyl (C=O) groups excluding carboxylic acids is 2. The van der Waals surface area contributed by atoms with Gasteiger partial charge in [0.05, 0.1) is 24.4 Å². The molecule has 0 bridgehead atoms. The number of ketones is 1. The number of fused-ring (bicyclic) bond motifs is 1. The van der Waals surface area contributed by atoms with Gasteiger partial charge in [0.2, 0.25) is 0 Å². The molecule has 3 aromatic rings. The van der Waals surface area contributed by atoms with Crippen molar-refractivity contribution in [3.8, 4) is 11.5 Å². The summed E-state index contributed by atoms with van der Waals surface area (Å²) in [6.45, 7) is 2.86. The molecule has 2 aliphatic heterocycles. The number of hydrogen-bond donors (Lipinski definition) is 1. The van der Waals surface area contributed by atoms with Crippen LogP contribution in [0.2, 0.25) is 0 Å². The molecule has 1 saturated heterocycles. The van der Waals surface area contributed by atoms with Crippen molar-refractivity contribution in [1.82, 2.24) is 4.90 Å². The Morgan fingerprint density at radius 2 is 1.81 bits per heavy atom. The second-order valence-electron chi connectivity index (χ2n) is 7.72. The molecule has 3 heterocycles. The van der Waals surface area contributed by atoms with E-state index in [1.165, 1.54) is 11.2 Å². The van der Waals surface area contributed by atoms with E-state index in [-0.39, 0.29) is 17.9 Å². The average Bonchev–Trinajstić information content (AvgIpc) is 3.41. The van der Waals surface area contributed by atoms with Crippen molar-refractivity contribution in [2.45, 2.75) is 19.5 Å². The molecule has 7 heteroatoms. The molecule has 1 unspecified atom stereocenters. The predicted molar refractivity (Wildman–Crippen MR) is 115 cm³/mol. The third kappa shape index (κ3) is 3.32. The molecule has 0 spiro atoms. The van der Waals surface area contributed by atoms with Gasteiger partial charge in [-0.25, -0.2) is 0 Å². The smallest absolute Gasteiger partial charge is 0.296 e. The zero-order valence-corrected chi connectivity index (χ0v) is 17.4. The lowest BCUT2D eigenvalue weighted by Gasteiger charge is -2.26. The maximum Gasteiger partial charge on any atom is 0.296 e. The molecule has 7 nitrogen and oxygen atoms in total. The van der Waals surface area contributed by atoms with Crippen LogP contribution in [0.3, 0.4) is 0 Å². The van der Waals surface area contributed by atoms with Gasteiger partial charge in [-0.2, -0.15) is 0 Å². The molecule has 0 aliphatic carbocycles. The molecule has 0 radical (unpaired) electrons. The highest BCUT2D eigenvalue weighted by atomic mass is 16.6. The van der Waals surface area contributed by atoms with Gasteiger partial charge in [-0.05, 0) is 48.4 Å². The number of likely N-dealkylation sites (tertiary alicyclic amines) is 1. The number of aryl methyl sites for hydroxylation is 1. The van der Waals surface area contributed by atoms with Gasteiger partial charge < -0.3 is 23.9 Å². The van der Waals surface area contributed by atoms with Crippen LogP contribution in [0.25, 0.3) is 5.76 Å². The van der Waals surface area contributed by atoms with Crippen LogP contribution in [0.4, 0.5) is 0 Å². The van der Waals surface area contributed by atoms with E-state index in [1.54, 1.807) is 30.3 Å². The van der Waals surface area contributed by atoms with Crippen molar-refractivity contribution in [2.24, 2.45) is 0 Å². The first-order valence-electron chi connectivity index (χ1n) is 10.3. The second kappa shape index (κ2) is 7.92. The monoisotopic (exact) mass is 431 g/mol. The standard InChI is InChI=1S/C25H21NO6/c1-15-5-2-3-7-18(15)22-21(24(28)25(29)26(22)14-17-6-4-10-30-17)23(27)16-8-9-19-20(13-16)32-12-11-31-19/h2-10,13,22,27H,11-12,14H2,1H3/b23-21+. The SMILES string of the molecule is Cc1ccccc1C1/C(=C(\O)c2ccc3c(c2)OCCO3)C(=O)C(=O)N1Cc1ccco1. The van der Waals surface area contributed by atoms with E-state index in [4.69, 9.17) is 13.9 Å². The maximum atomic E-state index is 13.1. The molecule has 2 aliphatic rings. The van der Waals surface area contributed by atoms with Gasteiger partial charge in [0.15, 0.2) is 11.5 Å². The lowest BCUT2D eigenvalue weighted by molar-refractivity contribution is -0.140. The molecular weight excluding hydrogens is 410 g/mol. The summed E-state index contributed by atoms with van der Waals surface area (Å²) in [5, 5.41) is 11.2. The van der Waals surface area contributed by atoms with E-state index in [9.17, 15) is 14.7 Å². The fourth-order valence-corrected chi connectivity index (χ4v) is 4.18.